The fourth-order valence-electron chi connectivity index (χ4n) is 5.23. The van der Waals surface area contributed by atoms with Gasteiger partial charge in [0, 0.05) is 57.6 Å². The van der Waals surface area contributed by atoms with E-state index in [9.17, 15) is 0 Å². The molecule has 9 rings (SSSR count). The molecular weight excluding hydrogens is 527 g/mol. The molecule has 0 aliphatic heterocycles. The summed E-state index contributed by atoms with van der Waals surface area (Å²) < 4.78 is 9.67. The first-order valence-electron chi connectivity index (χ1n) is 12.1. The first-order valence-corrected chi connectivity index (χ1v) is 13.7. The first kappa shape index (κ1) is 21.1. The van der Waals surface area contributed by atoms with E-state index < -0.39 is 0 Å². The van der Waals surface area contributed by atoms with Gasteiger partial charge in [0.2, 0.25) is 5.71 Å². The highest BCUT2D eigenvalue weighted by Gasteiger charge is 2.19. The molecule has 9 aromatic rings. The minimum atomic E-state index is 0.536. The fraction of sp³-hybridized carbons (Fsp3) is 0. The number of hydrogen-bond acceptors (Lipinski definition) is 10. The Labute approximate surface area is 226 Å². The van der Waals surface area contributed by atoms with E-state index in [1.54, 1.807) is 47.7 Å². The van der Waals surface area contributed by atoms with Crippen molar-refractivity contribution in [1.82, 2.24) is 34.9 Å². The highest BCUT2D eigenvalue weighted by Crippen LogP contribution is 2.41. The second kappa shape index (κ2) is 7.79. The molecule has 0 aliphatic carbocycles. The summed E-state index contributed by atoms with van der Waals surface area (Å²) >= 11 is 3.30. The van der Waals surface area contributed by atoms with Crippen LogP contribution in [0, 0.1) is 0 Å². The molecule has 0 radical (unpaired) electrons. The molecule has 1 aromatic carbocycles. The van der Waals surface area contributed by atoms with Crippen molar-refractivity contribution in [2.24, 2.45) is 0 Å². The molecule has 8 aromatic heterocycles. The van der Waals surface area contributed by atoms with E-state index in [2.05, 4.69) is 54.2 Å². The average Bonchev–Trinajstić information content (AvgIpc) is 3.67. The summed E-state index contributed by atoms with van der Waals surface area (Å²) in [6, 6.07) is 12.6. The summed E-state index contributed by atoms with van der Waals surface area (Å²) in [5.41, 5.74) is 6.55. The topological polar surface area (TPSA) is 103 Å². The number of nitrogens with zero attached hydrogens (tertiary/aromatic N) is 7. The number of thiophene rings is 2. The third-order valence-electron chi connectivity index (χ3n) is 7.00. The molecule has 0 N–H and O–H groups in total. The molecule has 10 heteroatoms. The van der Waals surface area contributed by atoms with Crippen molar-refractivity contribution in [2.75, 3.05) is 0 Å². The maximum Gasteiger partial charge on any atom is 0.229 e. The van der Waals surface area contributed by atoms with Crippen molar-refractivity contribution in [3.63, 3.8) is 0 Å². The number of furan rings is 1. The molecule has 0 amide bonds. The summed E-state index contributed by atoms with van der Waals surface area (Å²) in [4.78, 5) is 32.2. The van der Waals surface area contributed by atoms with Gasteiger partial charge < -0.3 is 4.42 Å². The summed E-state index contributed by atoms with van der Waals surface area (Å²) in [7, 11) is 0. The molecule has 0 aliphatic rings. The smallest absolute Gasteiger partial charge is 0.229 e. The molecule has 0 saturated carbocycles. The van der Waals surface area contributed by atoms with Crippen LogP contribution in [0.2, 0.25) is 0 Å². The average molecular weight is 540 g/mol. The third kappa shape index (κ3) is 3.01. The SMILES string of the molecule is c1cc2c(cn1)sc1ccc(-c3ccnc4c3oc3ncc(-c5ncnc6c5sc5ncncc56)cc34)cc12. The molecule has 0 fully saturated rings. The quantitative estimate of drug-likeness (QED) is 0.224. The molecule has 0 spiro atoms. The molecular formula is C29H13N7OS2. The Hall–Kier alpha value is -4.93. The van der Waals surface area contributed by atoms with Gasteiger partial charge in [-0.05, 0) is 35.9 Å². The molecule has 0 atom stereocenters. The fourth-order valence-corrected chi connectivity index (χ4v) is 7.36. The van der Waals surface area contributed by atoms with E-state index >= 15 is 0 Å². The Morgan fingerprint density at radius 2 is 1.59 bits per heavy atom. The van der Waals surface area contributed by atoms with Crippen molar-refractivity contribution in [1.29, 1.82) is 0 Å². The van der Waals surface area contributed by atoms with Crippen LogP contribution in [0.15, 0.2) is 84.5 Å². The zero-order valence-corrected chi connectivity index (χ0v) is 21.5. The molecule has 0 bridgehead atoms. The van der Waals surface area contributed by atoms with Crippen molar-refractivity contribution < 1.29 is 4.42 Å². The zero-order valence-electron chi connectivity index (χ0n) is 19.9. The number of fused-ring (bicyclic) bond motifs is 9. The van der Waals surface area contributed by atoms with Gasteiger partial charge in [0.1, 0.15) is 23.0 Å². The largest absolute Gasteiger partial charge is 0.435 e. The monoisotopic (exact) mass is 539 g/mol. The molecule has 8 heterocycles. The predicted octanol–water partition coefficient (Wildman–Crippen LogP) is 7.42. The molecule has 0 unspecified atom stereocenters. The van der Waals surface area contributed by atoms with Gasteiger partial charge in [-0.3, -0.25) is 9.97 Å². The number of aromatic nitrogens is 7. The lowest BCUT2D eigenvalue weighted by Crippen LogP contribution is -1.87. The van der Waals surface area contributed by atoms with Gasteiger partial charge in [-0.15, -0.1) is 22.7 Å². The maximum absolute atomic E-state index is 6.32. The van der Waals surface area contributed by atoms with Gasteiger partial charge >= 0.3 is 0 Å². The standard InChI is InChI=1S/C29H13N7OS2/c1-2-21-18(17-3-5-30-11-22(17)38-21)7-14(1)16-4-6-32-24-19-8-15(9-33-28(19)37-26(16)24)23-27-25(35-13-34-23)20-10-31-12-36-29(20)39-27/h1-13H. The number of pyridine rings is 3. The van der Waals surface area contributed by atoms with E-state index in [1.807, 2.05) is 30.7 Å². The van der Waals surface area contributed by atoms with Crippen molar-refractivity contribution in [3.05, 3.63) is 80.0 Å². The summed E-state index contributed by atoms with van der Waals surface area (Å²) in [6.45, 7) is 0. The van der Waals surface area contributed by atoms with Crippen molar-refractivity contribution >= 4 is 85.5 Å². The van der Waals surface area contributed by atoms with Crippen LogP contribution in [0.25, 0.3) is 85.2 Å². The second-order valence-corrected chi connectivity index (χ2v) is 11.2. The molecule has 39 heavy (non-hydrogen) atoms. The second-order valence-electron chi connectivity index (χ2n) is 9.14. The lowest BCUT2D eigenvalue weighted by atomic mass is 10.0. The predicted molar refractivity (Wildman–Crippen MR) is 155 cm³/mol. The van der Waals surface area contributed by atoms with E-state index in [1.165, 1.54) is 20.2 Å². The Balaban J connectivity index is 1.25. The molecule has 182 valence electrons. The van der Waals surface area contributed by atoms with Crippen LogP contribution < -0.4 is 0 Å². The normalized spacial score (nSPS) is 12.1. The van der Waals surface area contributed by atoms with Crippen molar-refractivity contribution in [2.45, 2.75) is 0 Å². The highest BCUT2D eigenvalue weighted by molar-refractivity contribution is 7.26. The highest BCUT2D eigenvalue weighted by atomic mass is 32.1. The van der Waals surface area contributed by atoms with Crippen LogP contribution in [-0.4, -0.2) is 34.9 Å². The number of hydrogen-bond donors (Lipinski definition) is 0. The zero-order chi connectivity index (χ0) is 25.5. The molecule has 0 saturated heterocycles. The minimum Gasteiger partial charge on any atom is -0.435 e. The minimum absolute atomic E-state index is 0.536. The Bertz CT molecular complexity index is 2420. The van der Waals surface area contributed by atoms with E-state index in [0.29, 0.717) is 11.3 Å². The summed E-state index contributed by atoms with van der Waals surface area (Å²) in [5, 5.41) is 4.17. The van der Waals surface area contributed by atoms with Crippen LogP contribution >= 0.6 is 22.7 Å². The van der Waals surface area contributed by atoms with Crippen LogP contribution in [-0.2, 0) is 0 Å². The van der Waals surface area contributed by atoms with Gasteiger partial charge in [-0.25, -0.2) is 24.9 Å². The lowest BCUT2D eigenvalue weighted by Gasteiger charge is -2.03. The first-order chi connectivity index (χ1) is 19.3. The number of benzene rings is 1. The van der Waals surface area contributed by atoms with Crippen LogP contribution in [0.1, 0.15) is 0 Å². The van der Waals surface area contributed by atoms with Gasteiger partial charge in [0.05, 0.1) is 31.4 Å². The third-order valence-corrected chi connectivity index (χ3v) is 9.23. The van der Waals surface area contributed by atoms with E-state index in [4.69, 9.17) is 9.40 Å². The van der Waals surface area contributed by atoms with Crippen LogP contribution in [0.5, 0.6) is 0 Å². The van der Waals surface area contributed by atoms with Gasteiger partial charge in [-0.2, -0.15) is 0 Å². The van der Waals surface area contributed by atoms with Crippen LogP contribution in [0.4, 0.5) is 0 Å². The van der Waals surface area contributed by atoms with Gasteiger partial charge in [-0.1, -0.05) is 6.07 Å². The van der Waals surface area contributed by atoms with Gasteiger partial charge in [0.25, 0.3) is 0 Å². The summed E-state index contributed by atoms with van der Waals surface area (Å²) in [6.07, 6.45) is 12.3. The Kier molecular flexibility index (Phi) is 4.21. The molecule has 8 nitrogen and oxygen atoms in total. The Morgan fingerprint density at radius 3 is 2.59 bits per heavy atom. The maximum atomic E-state index is 6.32. The number of rotatable bonds is 2. The van der Waals surface area contributed by atoms with Crippen LogP contribution in [0.3, 0.4) is 0 Å². The van der Waals surface area contributed by atoms with E-state index in [0.717, 1.165) is 53.7 Å². The Morgan fingerprint density at radius 1 is 0.615 bits per heavy atom. The van der Waals surface area contributed by atoms with Gasteiger partial charge in [0.15, 0.2) is 5.58 Å². The van der Waals surface area contributed by atoms with E-state index in [-0.39, 0.29) is 0 Å². The lowest BCUT2D eigenvalue weighted by molar-refractivity contribution is 0.654. The summed E-state index contributed by atoms with van der Waals surface area (Å²) in [5.74, 6) is 0. The van der Waals surface area contributed by atoms with Crippen molar-refractivity contribution in [3.8, 4) is 22.4 Å².